The molecule has 0 saturated heterocycles. The number of guanidine groups is 1. The SMILES string of the molecule is COC(=O)[C@@H]1C/C=C\COc2ccc(cc2)C[C@H](NC(C)=O)C(=O)C[C@H](CCCN=C(N)NS(=O)(=O)c2c(C)c(C)c3c(c2C)CCC(C)(C)O3)C(=O)N1. The van der Waals surface area contributed by atoms with E-state index in [-0.39, 0.29) is 67.5 Å². The van der Waals surface area contributed by atoms with Gasteiger partial charge in [0.1, 0.15) is 29.7 Å². The lowest BCUT2D eigenvalue weighted by Crippen LogP contribution is -2.46. The summed E-state index contributed by atoms with van der Waals surface area (Å²) in [5.41, 5.74) is 9.26. The van der Waals surface area contributed by atoms with Crippen LogP contribution >= 0.6 is 0 Å². The molecule has 5 N–H and O–H groups in total. The molecule has 2 amide bonds. The van der Waals surface area contributed by atoms with Crippen molar-refractivity contribution in [3.63, 3.8) is 0 Å². The van der Waals surface area contributed by atoms with E-state index in [1.165, 1.54) is 14.0 Å². The molecule has 5 rings (SSSR count). The zero-order valence-electron chi connectivity index (χ0n) is 32.2. The van der Waals surface area contributed by atoms with Crippen LogP contribution in [-0.4, -0.2) is 75.9 Å². The number of rotatable bonds is 8. The number of carbonyl (C=O) groups is 4. The van der Waals surface area contributed by atoms with E-state index in [0.717, 1.165) is 28.9 Å². The van der Waals surface area contributed by atoms with Crippen molar-refractivity contribution in [1.29, 1.82) is 0 Å². The molecule has 0 spiro atoms. The molecule has 0 saturated carbocycles. The molecule has 294 valence electrons. The van der Waals surface area contributed by atoms with Crippen molar-refractivity contribution in [2.45, 2.75) is 109 Å². The van der Waals surface area contributed by atoms with E-state index in [0.29, 0.717) is 23.3 Å². The fourth-order valence-electron chi connectivity index (χ4n) is 6.76. The van der Waals surface area contributed by atoms with Gasteiger partial charge < -0.3 is 30.6 Å². The summed E-state index contributed by atoms with van der Waals surface area (Å²) in [6, 6.07) is 5.19. The average molecular weight is 768 g/mol. The minimum atomic E-state index is -4.13. The number of nitrogens with zero attached hydrogens (tertiary/aromatic N) is 1. The number of ketones is 1. The van der Waals surface area contributed by atoms with E-state index in [1.54, 1.807) is 50.3 Å². The summed E-state index contributed by atoms with van der Waals surface area (Å²) in [7, 11) is -2.91. The number of Topliss-reactive ketones (excluding diaryl/α,β-unsaturated/α-hetero) is 1. The number of nitrogens with one attached hydrogen (secondary N) is 3. The van der Waals surface area contributed by atoms with Crippen LogP contribution in [0.25, 0.3) is 0 Å². The fourth-order valence-corrected chi connectivity index (χ4v) is 8.28. The molecule has 3 heterocycles. The highest BCUT2D eigenvalue weighted by atomic mass is 32.2. The quantitative estimate of drug-likeness (QED) is 0.101. The first kappa shape index (κ1) is 41.8. The number of amides is 2. The maximum atomic E-state index is 13.7. The summed E-state index contributed by atoms with van der Waals surface area (Å²) in [6.45, 7) is 10.9. The second-order valence-corrected chi connectivity index (χ2v) is 16.1. The van der Waals surface area contributed by atoms with E-state index in [9.17, 15) is 27.6 Å². The van der Waals surface area contributed by atoms with Gasteiger partial charge >= 0.3 is 5.97 Å². The first-order chi connectivity index (χ1) is 25.4. The third-order valence-electron chi connectivity index (χ3n) is 9.80. The molecule has 54 heavy (non-hydrogen) atoms. The van der Waals surface area contributed by atoms with Gasteiger partial charge in [-0.05, 0) is 113 Å². The van der Waals surface area contributed by atoms with Gasteiger partial charge in [-0.2, -0.15) is 0 Å². The number of benzene rings is 2. The van der Waals surface area contributed by atoms with Crippen LogP contribution in [-0.2, 0) is 46.8 Å². The van der Waals surface area contributed by atoms with Crippen LogP contribution in [0, 0.1) is 26.7 Å². The standard InChI is InChI=1S/C39H53N5O9S/c1-23-24(2)35(25(3)30-17-18-39(5,6)53-34(23)30)54(49,50)44-38(40)41-19-10-11-28-22-33(46)32(42-26(4)45)21-27-13-15-29(16-14-27)52-20-9-8-12-31(37(48)51-7)43-36(28)47/h8-9,13-16,28,31-32H,10-12,17-22H2,1-7H3,(H,42,45)(H,43,47)(H3,40,41,44)/b9-8-/t28-,31-,32-/m0/s1. The largest absolute Gasteiger partial charge is 0.490 e. The summed E-state index contributed by atoms with van der Waals surface area (Å²) >= 11 is 0. The molecule has 0 aliphatic carbocycles. The van der Waals surface area contributed by atoms with Gasteiger partial charge in [-0.25, -0.2) is 17.9 Å². The van der Waals surface area contributed by atoms with Gasteiger partial charge in [0.05, 0.1) is 18.0 Å². The predicted molar refractivity (Wildman–Crippen MR) is 204 cm³/mol. The third kappa shape index (κ3) is 10.8. The molecule has 2 bridgehead atoms. The Kier molecular flexibility index (Phi) is 13.9. The summed E-state index contributed by atoms with van der Waals surface area (Å²) < 4.78 is 46.6. The Hall–Kier alpha value is -4.92. The van der Waals surface area contributed by atoms with Crippen LogP contribution in [0.5, 0.6) is 11.5 Å². The number of hydrogen-bond donors (Lipinski definition) is 4. The summed E-state index contributed by atoms with van der Waals surface area (Å²) in [6.07, 6.45) is 5.26. The smallest absolute Gasteiger partial charge is 0.328 e. The summed E-state index contributed by atoms with van der Waals surface area (Å²) in [5, 5.41) is 5.42. The Morgan fingerprint density at radius 2 is 1.76 bits per heavy atom. The number of fused-ring (bicyclic) bond motifs is 14. The van der Waals surface area contributed by atoms with Crippen molar-refractivity contribution < 1.29 is 41.8 Å². The first-order valence-electron chi connectivity index (χ1n) is 18.1. The van der Waals surface area contributed by atoms with Crippen LogP contribution < -0.4 is 30.6 Å². The Balaban J connectivity index is 1.53. The number of aliphatic imine (C=N–C) groups is 1. The molecule has 15 heteroatoms. The first-order valence-corrected chi connectivity index (χ1v) is 19.6. The number of esters is 1. The van der Waals surface area contributed by atoms with Gasteiger partial charge in [0, 0.05) is 25.8 Å². The number of methoxy groups -OCH3 is 1. The van der Waals surface area contributed by atoms with E-state index < -0.39 is 45.8 Å². The molecule has 0 unspecified atom stereocenters. The zero-order chi connectivity index (χ0) is 39.8. The lowest BCUT2D eigenvalue weighted by Gasteiger charge is -2.35. The number of carbonyl (C=O) groups excluding carboxylic acids is 4. The maximum Gasteiger partial charge on any atom is 0.328 e. The summed E-state index contributed by atoms with van der Waals surface area (Å²) in [4.78, 5) is 56.5. The van der Waals surface area contributed by atoms with E-state index in [2.05, 4.69) is 20.3 Å². The zero-order valence-corrected chi connectivity index (χ0v) is 33.0. The van der Waals surface area contributed by atoms with E-state index in [4.69, 9.17) is 19.9 Å². The molecule has 2 aromatic rings. The lowest BCUT2D eigenvalue weighted by atomic mass is 9.88. The van der Waals surface area contributed by atoms with Crippen molar-refractivity contribution >= 4 is 39.5 Å². The van der Waals surface area contributed by atoms with Crippen molar-refractivity contribution in [3.05, 3.63) is 64.2 Å². The second kappa shape index (κ2) is 17.9. The van der Waals surface area contributed by atoms with E-state index in [1.807, 2.05) is 20.8 Å². The molecular formula is C39H53N5O9S. The highest BCUT2D eigenvalue weighted by Gasteiger charge is 2.34. The lowest BCUT2D eigenvalue weighted by molar-refractivity contribution is -0.145. The minimum absolute atomic E-state index is 0.0288. The second-order valence-electron chi connectivity index (χ2n) is 14.5. The highest BCUT2D eigenvalue weighted by Crippen LogP contribution is 2.42. The Morgan fingerprint density at radius 3 is 2.43 bits per heavy atom. The molecule has 0 aromatic heterocycles. The van der Waals surface area contributed by atoms with Crippen molar-refractivity contribution in [1.82, 2.24) is 15.4 Å². The van der Waals surface area contributed by atoms with Crippen molar-refractivity contribution in [3.8, 4) is 11.5 Å². The molecule has 3 aliphatic rings. The third-order valence-corrected chi connectivity index (χ3v) is 11.4. The maximum absolute atomic E-state index is 13.7. The molecule has 14 nitrogen and oxygen atoms in total. The normalized spacial score (nSPS) is 21.4. The number of nitrogens with two attached hydrogens (primary N) is 1. The van der Waals surface area contributed by atoms with Crippen LogP contribution in [0.15, 0.2) is 46.3 Å². The van der Waals surface area contributed by atoms with Gasteiger partial charge in [0.2, 0.25) is 17.8 Å². The fraction of sp³-hybridized carbons (Fsp3) is 0.513. The Labute approximate surface area is 317 Å². The molecule has 0 radical (unpaired) electrons. The topological polar surface area (TPSA) is 205 Å². The molecular weight excluding hydrogens is 715 g/mol. The van der Waals surface area contributed by atoms with E-state index >= 15 is 0 Å². The van der Waals surface area contributed by atoms with Crippen LogP contribution in [0.3, 0.4) is 0 Å². The average Bonchev–Trinajstić information content (AvgIpc) is 3.10. The number of ether oxygens (including phenoxy) is 3. The Bertz CT molecular complexity index is 1910. The van der Waals surface area contributed by atoms with Gasteiger partial charge in [0.25, 0.3) is 10.0 Å². The molecule has 3 atom stereocenters. The Morgan fingerprint density at radius 1 is 1.06 bits per heavy atom. The molecule has 0 fully saturated rings. The van der Waals surface area contributed by atoms with Crippen molar-refractivity contribution in [2.75, 3.05) is 20.3 Å². The minimum Gasteiger partial charge on any atom is -0.490 e. The van der Waals surface area contributed by atoms with Crippen LogP contribution in [0.1, 0.15) is 80.7 Å². The number of hydrogen-bond acceptors (Lipinski definition) is 10. The van der Waals surface area contributed by atoms with Gasteiger partial charge in [-0.3, -0.25) is 19.4 Å². The highest BCUT2D eigenvalue weighted by molar-refractivity contribution is 7.90. The van der Waals surface area contributed by atoms with Crippen LogP contribution in [0.4, 0.5) is 0 Å². The summed E-state index contributed by atoms with van der Waals surface area (Å²) in [5.74, 6) is -1.93. The number of sulfonamides is 1. The van der Waals surface area contributed by atoms with Crippen LogP contribution in [0.2, 0.25) is 0 Å². The predicted octanol–water partition coefficient (Wildman–Crippen LogP) is 3.41. The van der Waals surface area contributed by atoms with Gasteiger partial charge in [-0.15, -0.1) is 0 Å². The van der Waals surface area contributed by atoms with Crippen molar-refractivity contribution in [2.24, 2.45) is 16.6 Å². The van der Waals surface area contributed by atoms with Gasteiger partial charge in [0.15, 0.2) is 5.78 Å². The molecule has 2 aromatic carbocycles. The monoisotopic (exact) mass is 767 g/mol. The van der Waals surface area contributed by atoms with Gasteiger partial charge in [-0.1, -0.05) is 24.3 Å². The molecule has 3 aliphatic heterocycles.